The molecule has 0 atom stereocenters. The summed E-state index contributed by atoms with van der Waals surface area (Å²) >= 11 is 3.41. The first kappa shape index (κ1) is 15.6. The van der Waals surface area contributed by atoms with E-state index in [-0.39, 0.29) is 5.91 Å². The first-order valence-electron chi connectivity index (χ1n) is 7.34. The lowest BCUT2D eigenvalue weighted by Gasteiger charge is -2.22. The molecular weight excluding hydrogens is 354 g/mol. The number of rotatable bonds is 5. The molecule has 0 bridgehead atoms. The van der Waals surface area contributed by atoms with Gasteiger partial charge in [-0.3, -0.25) is 4.79 Å². The highest BCUT2D eigenvalue weighted by Gasteiger charge is 2.17. The van der Waals surface area contributed by atoms with E-state index >= 15 is 0 Å². The lowest BCUT2D eigenvalue weighted by atomic mass is 10.1. The predicted octanol–water partition coefficient (Wildman–Crippen LogP) is 4.82. The molecule has 23 heavy (non-hydrogen) atoms. The third-order valence-electron chi connectivity index (χ3n) is 3.53. The van der Waals surface area contributed by atoms with E-state index in [0.717, 1.165) is 21.5 Å². The van der Waals surface area contributed by atoms with Crippen molar-refractivity contribution in [2.45, 2.75) is 13.0 Å². The zero-order valence-electron chi connectivity index (χ0n) is 12.5. The number of anilines is 1. The van der Waals surface area contributed by atoms with E-state index in [2.05, 4.69) is 15.9 Å². The van der Waals surface area contributed by atoms with E-state index in [1.165, 1.54) is 0 Å². The molecule has 1 heterocycles. The summed E-state index contributed by atoms with van der Waals surface area (Å²) in [7, 11) is 0. The highest BCUT2D eigenvalue weighted by atomic mass is 79.9. The molecule has 0 fully saturated rings. The molecule has 0 N–H and O–H groups in total. The minimum Gasteiger partial charge on any atom is -0.467 e. The maximum atomic E-state index is 12.8. The average molecular weight is 370 g/mol. The summed E-state index contributed by atoms with van der Waals surface area (Å²) in [5.41, 5.74) is 1.85. The second kappa shape index (κ2) is 7.29. The Labute approximate surface area is 143 Å². The van der Waals surface area contributed by atoms with Gasteiger partial charge in [0.2, 0.25) is 5.91 Å². The number of halogens is 1. The molecule has 2 aromatic carbocycles. The number of carbonyl (C=O) groups is 1. The molecule has 0 aliphatic carbocycles. The van der Waals surface area contributed by atoms with Crippen LogP contribution in [0.4, 0.5) is 5.69 Å². The second-order valence-electron chi connectivity index (χ2n) is 5.20. The van der Waals surface area contributed by atoms with Crippen molar-refractivity contribution >= 4 is 27.5 Å². The summed E-state index contributed by atoms with van der Waals surface area (Å²) in [6, 6.07) is 21.2. The fourth-order valence-corrected chi connectivity index (χ4v) is 2.63. The Morgan fingerprint density at radius 1 is 0.957 bits per heavy atom. The Kier molecular flexibility index (Phi) is 4.93. The topological polar surface area (TPSA) is 33.5 Å². The molecule has 3 aromatic rings. The summed E-state index contributed by atoms with van der Waals surface area (Å²) in [5.74, 6) is 0.799. The van der Waals surface area contributed by atoms with Crippen LogP contribution in [0.1, 0.15) is 11.3 Å². The molecule has 4 heteroatoms. The van der Waals surface area contributed by atoms with Gasteiger partial charge in [-0.1, -0.05) is 46.3 Å². The summed E-state index contributed by atoms with van der Waals surface area (Å²) < 4.78 is 6.41. The van der Waals surface area contributed by atoms with Crippen molar-refractivity contribution in [3.05, 3.63) is 88.8 Å². The predicted molar refractivity (Wildman–Crippen MR) is 94.2 cm³/mol. The fourth-order valence-electron chi connectivity index (χ4n) is 2.36. The molecule has 0 aliphatic heterocycles. The average Bonchev–Trinajstić information content (AvgIpc) is 3.09. The molecule has 1 amide bonds. The van der Waals surface area contributed by atoms with Gasteiger partial charge in [-0.05, 0) is 42.0 Å². The largest absolute Gasteiger partial charge is 0.467 e. The number of amides is 1. The lowest BCUT2D eigenvalue weighted by molar-refractivity contribution is -0.118. The summed E-state index contributed by atoms with van der Waals surface area (Å²) in [4.78, 5) is 14.5. The number of furan rings is 1. The van der Waals surface area contributed by atoms with Gasteiger partial charge in [0.25, 0.3) is 0 Å². The smallest absolute Gasteiger partial charge is 0.231 e. The van der Waals surface area contributed by atoms with Gasteiger partial charge in [-0.15, -0.1) is 0 Å². The maximum absolute atomic E-state index is 12.8. The van der Waals surface area contributed by atoms with Crippen molar-refractivity contribution in [3.63, 3.8) is 0 Å². The van der Waals surface area contributed by atoms with Crippen molar-refractivity contribution in [2.75, 3.05) is 4.90 Å². The lowest BCUT2D eigenvalue weighted by Crippen LogP contribution is -2.31. The number of nitrogens with zero attached hydrogens (tertiary/aromatic N) is 1. The zero-order chi connectivity index (χ0) is 16.1. The van der Waals surface area contributed by atoms with Gasteiger partial charge in [0, 0.05) is 10.2 Å². The second-order valence-corrected chi connectivity index (χ2v) is 6.11. The van der Waals surface area contributed by atoms with Gasteiger partial charge < -0.3 is 9.32 Å². The van der Waals surface area contributed by atoms with Crippen LogP contribution in [0, 0.1) is 0 Å². The summed E-state index contributed by atoms with van der Waals surface area (Å²) in [5, 5.41) is 0. The van der Waals surface area contributed by atoms with E-state index in [0.29, 0.717) is 13.0 Å². The van der Waals surface area contributed by atoms with Crippen LogP contribution in [-0.4, -0.2) is 5.91 Å². The van der Waals surface area contributed by atoms with Crippen LogP contribution < -0.4 is 4.90 Å². The van der Waals surface area contributed by atoms with Crippen molar-refractivity contribution < 1.29 is 9.21 Å². The fraction of sp³-hybridized carbons (Fsp3) is 0.105. The monoisotopic (exact) mass is 369 g/mol. The number of carbonyl (C=O) groups excluding carboxylic acids is 1. The van der Waals surface area contributed by atoms with Gasteiger partial charge in [0.15, 0.2) is 0 Å². The first-order valence-corrected chi connectivity index (χ1v) is 8.14. The Bertz CT molecular complexity index is 752. The van der Waals surface area contributed by atoms with Crippen molar-refractivity contribution in [3.8, 4) is 0 Å². The molecule has 0 saturated heterocycles. The SMILES string of the molecule is O=C(Cc1ccc(Br)cc1)N(Cc1ccco1)c1ccccc1. The van der Waals surface area contributed by atoms with Gasteiger partial charge >= 0.3 is 0 Å². The standard InChI is InChI=1S/C19H16BrNO2/c20-16-10-8-15(9-11-16)13-19(22)21(14-18-7-4-12-23-18)17-5-2-1-3-6-17/h1-12H,13-14H2. The Balaban J connectivity index is 1.82. The zero-order valence-corrected chi connectivity index (χ0v) is 14.1. The molecule has 0 aliphatic rings. The Morgan fingerprint density at radius 2 is 1.70 bits per heavy atom. The van der Waals surface area contributed by atoms with Crippen LogP contribution in [0.25, 0.3) is 0 Å². The molecule has 1 aromatic heterocycles. The molecular formula is C19H16BrNO2. The van der Waals surface area contributed by atoms with Gasteiger partial charge in [-0.25, -0.2) is 0 Å². The minimum absolute atomic E-state index is 0.0370. The highest BCUT2D eigenvalue weighted by Crippen LogP contribution is 2.19. The third kappa shape index (κ3) is 4.11. The van der Waals surface area contributed by atoms with E-state index < -0.39 is 0 Å². The Hall–Kier alpha value is -2.33. The van der Waals surface area contributed by atoms with Crippen LogP contribution in [-0.2, 0) is 17.8 Å². The van der Waals surface area contributed by atoms with Gasteiger partial charge in [-0.2, -0.15) is 0 Å². The first-order chi connectivity index (χ1) is 11.2. The number of hydrogen-bond acceptors (Lipinski definition) is 2. The molecule has 3 rings (SSSR count). The molecule has 0 radical (unpaired) electrons. The van der Waals surface area contributed by atoms with Crippen molar-refractivity contribution in [1.29, 1.82) is 0 Å². The number of benzene rings is 2. The Morgan fingerprint density at radius 3 is 2.35 bits per heavy atom. The van der Waals surface area contributed by atoms with Crippen LogP contribution in [0.3, 0.4) is 0 Å². The van der Waals surface area contributed by atoms with E-state index in [1.807, 2.05) is 66.7 Å². The van der Waals surface area contributed by atoms with Crippen molar-refractivity contribution in [1.82, 2.24) is 0 Å². The summed E-state index contributed by atoms with van der Waals surface area (Å²) in [6.45, 7) is 0.423. The minimum atomic E-state index is 0.0370. The molecule has 0 spiro atoms. The highest BCUT2D eigenvalue weighted by molar-refractivity contribution is 9.10. The molecule has 0 unspecified atom stereocenters. The molecule has 3 nitrogen and oxygen atoms in total. The van der Waals surface area contributed by atoms with Crippen LogP contribution >= 0.6 is 15.9 Å². The number of para-hydroxylation sites is 1. The van der Waals surface area contributed by atoms with E-state index in [4.69, 9.17) is 4.42 Å². The van der Waals surface area contributed by atoms with Gasteiger partial charge in [0.1, 0.15) is 5.76 Å². The van der Waals surface area contributed by atoms with E-state index in [9.17, 15) is 4.79 Å². The van der Waals surface area contributed by atoms with Crippen LogP contribution in [0.2, 0.25) is 0 Å². The third-order valence-corrected chi connectivity index (χ3v) is 4.06. The summed E-state index contributed by atoms with van der Waals surface area (Å²) in [6.07, 6.45) is 1.97. The normalized spacial score (nSPS) is 10.5. The van der Waals surface area contributed by atoms with Crippen LogP contribution in [0.5, 0.6) is 0 Å². The number of hydrogen-bond donors (Lipinski definition) is 0. The quantitative estimate of drug-likeness (QED) is 0.645. The molecule has 116 valence electrons. The van der Waals surface area contributed by atoms with Crippen molar-refractivity contribution in [2.24, 2.45) is 0 Å². The van der Waals surface area contributed by atoms with Crippen LogP contribution in [0.15, 0.2) is 81.9 Å². The van der Waals surface area contributed by atoms with Gasteiger partial charge in [0.05, 0.1) is 19.2 Å². The molecule has 0 saturated carbocycles. The maximum Gasteiger partial charge on any atom is 0.231 e. The van der Waals surface area contributed by atoms with E-state index in [1.54, 1.807) is 11.2 Å².